The molecule has 20 heavy (non-hydrogen) atoms. The summed E-state index contributed by atoms with van der Waals surface area (Å²) in [4.78, 5) is 0. The van der Waals surface area contributed by atoms with Crippen LogP contribution in [0.1, 0.15) is 20.3 Å². The fourth-order valence-corrected chi connectivity index (χ4v) is 8.67. The highest BCUT2D eigenvalue weighted by Crippen LogP contribution is 2.66. The summed E-state index contributed by atoms with van der Waals surface area (Å²) in [7, 11) is -1.52. The summed E-state index contributed by atoms with van der Waals surface area (Å²) in [6.45, 7) is 9.16. The molecule has 0 aromatic heterocycles. The van der Waals surface area contributed by atoms with Gasteiger partial charge in [-0.25, -0.2) is 0 Å². The maximum Gasteiger partial charge on any atom is 0.163 e. The van der Waals surface area contributed by atoms with E-state index in [1.54, 1.807) is 5.19 Å². The van der Waals surface area contributed by atoms with E-state index in [2.05, 4.69) is 57.3 Å². The van der Waals surface area contributed by atoms with Gasteiger partial charge in [0.25, 0.3) is 0 Å². The zero-order valence-corrected chi connectivity index (χ0v) is 13.8. The topological polar surface area (TPSA) is 18.5 Å². The Morgan fingerprint density at radius 3 is 2.35 bits per heavy atom. The van der Waals surface area contributed by atoms with Gasteiger partial charge in [0, 0.05) is 0 Å². The SMILES string of the molecule is CC1(C)O[C@H]2[C@@H]3C[C@@H]3[C@@H]([Si](C)(C)c3ccccc3)[C@H]2O1. The minimum Gasteiger partial charge on any atom is -0.345 e. The monoisotopic (exact) mass is 288 g/mol. The van der Waals surface area contributed by atoms with Crippen molar-refractivity contribution in [1.82, 2.24) is 0 Å². The second kappa shape index (κ2) is 3.96. The maximum absolute atomic E-state index is 6.31. The van der Waals surface area contributed by atoms with E-state index in [-0.39, 0.29) is 5.79 Å². The van der Waals surface area contributed by atoms with Crippen molar-refractivity contribution >= 4 is 13.3 Å². The van der Waals surface area contributed by atoms with Crippen LogP contribution in [0, 0.1) is 11.8 Å². The number of fused-ring (bicyclic) bond motifs is 3. The molecule has 0 unspecified atom stereocenters. The van der Waals surface area contributed by atoms with Crippen LogP contribution in [0.25, 0.3) is 0 Å². The molecule has 0 radical (unpaired) electrons. The normalized spacial score (nSPS) is 41.3. The van der Waals surface area contributed by atoms with Gasteiger partial charge < -0.3 is 9.47 Å². The van der Waals surface area contributed by atoms with E-state index in [0.29, 0.717) is 17.7 Å². The van der Waals surface area contributed by atoms with Crippen molar-refractivity contribution in [2.24, 2.45) is 11.8 Å². The predicted octanol–water partition coefficient (Wildman–Crippen LogP) is 3.14. The third-order valence-corrected chi connectivity index (χ3v) is 9.89. The quantitative estimate of drug-likeness (QED) is 0.778. The van der Waals surface area contributed by atoms with Crippen LogP contribution in [-0.2, 0) is 9.47 Å². The van der Waals surface area contributed by atoms with E-state index in [1.165, 1.54) is 6.42 Å². The highest BCUT2D eigenvalue weighted by atomic mass is 28.3. The minimum atomic E-state index is -1.52. The van der Waals surface area contributed by atoms with Gasteiger partial charge in [-0.05, 0) is 37.6 Å². The van der Waals surface area contributed by atoms with Gasteiger partial charge >= 0.3 is 0 Å². The van der Waals surface area contributed by atoms with Crippen molar-refractivity contribution < 1.29 is 9.47 Å². The summed E-state index contributed by atoms with van der Waals surface area (Å²) < 4.78 is 12.5. The Bertz CT molecular complexity index is 525. The van der Waals surface area contributed by atoms with Gasteiger partial charge in [0.15, 0.2) is 5.79 Å². The first kappa shape index (κ1) is 13.1. The number of hydrogen-bond donors (Lipinski definition) is 0. The molecule has 5 atom stereocenters. The van der Waals surface area contributed by atoms with Gasteiger partial charge in [0.1, 0.15) is 0 Å². The average molecular weight is 288 g/mol. The fourth-order valence-electron chi connectivity index (χ4n) is 4.70. The molecule has 0 spiro atoms. The number of ether oxygens (including phenoxy) is 2. The molecule has 0 N–H and O–H groups in total. The van der Waals surface area contributed by atoms with Crippen molar-refractivity contribution in [1.29, 1.82) is 0 Å². The lowest BCUT2D eigenvalue weighted by atomic mass is 10.1. The molecule has 108 valence electrons. The molecule has 0 bridgehead atoms. The van der Waals surface area contributed by atoms with Crippen molar-refractivity contribution in [2.45, 2.75) is 56.9 Å². The summed E-state index contributed by atoms with van der Waals surface area (Å²) in [5.41, 5.74) is 0.710. The lowest BCUT2D eigenvalue weighted by Gasteiger charge is -2.35. The Kier molecular flexibility index (Phi) is 2.59. The zero-order chi connectivity index (χ0) is 14.1. The Morgan fingerprint density at radius 1 is 1.00 bits per heavy atom. The van der Waals surface area contributed by atoms with E-state index in [9.17, 15) is 0 Å². The van der Waals surface area contributed by atoms with Crippen molar-refractivity contribution in [3.05, 3.63) is 30.3 Å². The molecule has 3 heteroatoms. The molecule has 1 aliphatic heterocycles. The summed E-state index contributed by atoms with van der Waals surface area (Å²) >= 11 is 0. The summed E-state index contributed by atoms with van der Waals surface area (Å²) in [6, 6.07) is 11.1. The van der Waals surface area contributed by atoms with Crippen LogP contribution in [0.2, 0.25) is 18.6 Å². The van der Waals surface area contributed by atoms with E-state index in [0.717, 1.165) is 11.8 Å². The third kappa shape index (κ3) is 1.76. The Balaban J connectivity index is 1.69. The first-order valence-corrected chi connectivity index (χ1v) is 10.9. The Morgan fingerprint density at radius 2 is 1.65 bits per heavy atom. The van der Waals surface area contributed by atoms with E-state index in [4.69, 9.17) is 9.47 Å². The molecule has 3 fully saturated rings. The van der Waals surface area contributed by atoms with Crippen LogP contribution in [0.15, 0.2) is 30.3 Å². The molecule has 1 aromatic carbocycles. The molecule has 2 nitrogen and oxygen atoms in total. The molecule has 4 rings (SSSR count). The maximum atomic E-state index is 6.31. The molecule has 3 aliphatic rings. The largest absolute Gasteiger partial charge is 0.345 e. The summed E-state index contributed by atoms with van der Waals surface area (Å²) in [6.07, 6.45) is 2.04. The number of benzene rings is 1. The molecular formula is C17H24O2Si. The zero-order valence-electron chi connectivity index (χ0n) is 12.8. The van der Waals surface area contributed by atoms with Gasteiger partial charge in [-0.2, -0.15) is 0 Å². The first-order chi connectivity index (χ1) is 9.40. The average Bonchev–Trinajstić information content (AvgIpc) is 3.00. The van der Waals surface area contributed by atoms with Crippen LogP contribution in [-0.4, -0.2) is 26.1 Å². The van der Waals surface area contributed by atoms with Gasteiger partial charge in [-0.1, -0.05) is 48.6 Å². The van der Waals surface area contributed by atoms with E-state index < -0.39 is 8.07 Å². The van der Waals surface area contributed by atoms with E-state index >= 15 is 0 Å². The lowest BCUT2D eigenvalue weighted by Crippen LogP contribution is -2.51. The Hall–Kier alpha value is -0.643. The summed E-state index contributed by atoms with van der Waals surface area (Å²) in [5, 5.41) is 1.56. The molecule has 1 aromatic rings. The van der Waals surface area contributed by atoms with Crippen LogP contribution in [0.3, 0.4) is 0 Å². The molecule has 0 amide bonds. The van der Waals surface area contributed by atoms with Crippen LogP contribution in [0.4, 0.5) is 0 Å². The first-order valence-electron chi connectivity index (χ1n) is 7.81. The molecule has 1 saturated heterocycles. The fraction of sp³-hybridized carbons (Fsp3) is 0.647. The van der Waals surface area contributed by atoms with Gasteiger partial charge in [-0.15, -0.1) is 0 Å². The summed E-state index contributed by atoms with van der Waals surface area (Å²) in [5.74, 6) is 1.23. The Labute approximate surface area is 122 Å². The van der Waals surface area contributed by atoms with Gasteiger partial charge in [0.2, 0.25) is 0 Å². The van der Waals surface area contributed by atoms with Crippen LogP contribution < -0.4 is 5.19 Å². The van der Waals surface area contributed by atoms with Crippen molar-refractivity contribution in [2.75, 3.05) is 0 Å². The second-order valence-corrected chi connectivity index (χ2v) is 12.4. The molecule has 2 aliphatic carbocycles. The number of rotatable bonds is 2. The third-order valence-electron chi connectivity index (χ3n) is 5.64. The van der Waals surface area contributed by atoms with E-state index in [1.807, 2.05) is 0 Å². The lowest BCUT2D eigenvalue weighted by molar-refractivity contribution is -0.152. The molecular weight excluding hydrogens is 264 g/mol. The smallest absolute Gasteiger partial charge is 0.163 e. The van der Waals surface area contributed by atoms with Crippen LogP contribution >= 0.6 is 0 Å². The highest BCUT2D eigenvalue weighted by molar-refractivity contribution is 6.91. The van der Waals surface area contributed by atoms with Gasteiger partial charge in [0.05, 0.1) is 20.3 Å². The van der Waals surface area contributed by atoms with Crippen molar-refractivity contribution in [3.8, 4) is 0 Å². The standard InChI is InChI=1S/C17H24O2Si/c1-17(2)18-14-12-10-13(12)16(15(14)19-17)20(3,4)11-8-6-5-7-9-11/h5-9,12-16H,10H2,1-4H3/t12-,13+,14+,15+,16-/m1/s1. The van der Waals surface area contributed by atoms with Crippen LogP contribution in [0.5, 0.6) is 0 Å². The molecule has 1 heterocycles. The number of hydrogen-bond acceptors (Lipinski definition) is 2. The van der Waals surface area contributed by atoms with Crippen molar-refractivity contribution in [3.63, 3.8) is 0 Å². The molecule has 2 saturated carbocycles. The van der Waals surface area contributed by atoms with Gasteiger partial charge in [-0.3, -0.25) is 0 Å². The minimum absolute atomic E-state index is 0.329. The second-order valence-electron chi connectivity index (χ2n) is 7.74. The highest BCUT2D eigenvalue weighted by Gasteiger charge is 2.68. The predicted molar refractivity (Wildman–Crippen MR) is 82.7 cm³/mol.